The van der Waals surface area contributed by atoms with Gasteiger partial charge in [-0.05, 0) is 12.1 Å². The van der Waals surface area contributed by atoms with Crippen LogP contribution in [0.2, 0.25) is 0 Å². The van der Waals surface area contributed by atoms with Crippen molar-refractivity contribution in [2.24, 2.45) is 5.73 Å². The normalized spacial score (nSPS) is 9.21. The standard InChI is InChI=1S/C8H10N4O2/c9-5-7(13)11-12-8(14)6-1-3-10-4-2-6/h1-4H,5,9H2,(H,11,13)(H,12,14). The number of rotatable bonds is 2. The van der Waals surface area contributed by atoms with Gasteiger partial charge < -0.3 is 5.73 Å². The predicted octanol–water partition coefficient (Wildman–Crippen LogP) is -1.20. The van der Waals surface area contributed by atoms with Crippen LogP contribution in [0.15, 0.2) is 24.5 Å². The summed E-state index contributed by atoms with van der Waals surface area (Å²) in [6.45, 7) is -0.170. The Morgan fingerprint density at radius 3 is 2.50 bits per heavy atom. The van der Waals surface area contributed by atoms with Gasteiger partial charge in [-0.2, -0.15) is 0 Å². The maximum atomic E-state index is 11.3. The highest BCUT2D eigenvalue weighted by Crippen LogP contribution is 1.93. The number of hydrogen-bond acceptors (Lipinski definition) is 4. The molecular formula is C8H10N4O2. The fraction of sp³-hybridized carbons (Fsp3) is 0.125. The van der Waals surface area contributed by atoms with Gasteiger partial charge in [-0.15, -0.1) is 0 Å². The molecule has 4 N–H and O–H groups in total. The van der Waals surface area contributed by atoms with E-state index in [0.29, 0.717) is 5.56 Å². The van der Waals surface area contributed by atoms with Crippen LogP contribution in [-0.2, 0) is 4.79 Å². The van der Waals surface area contributed by atoms with Gasteiger partial charge in [0, 0.05) is 18.0 Å². The molecule has 6 nitrogen and oxygen atoms in total. The van der Waals surface area contributed by atoms with Crippen molar-refractivity contribution < 1.29 is 9.59 Å². The lowest BCUT2D eigenvalue weighted by atomic mass is 10.3. The zero-order valence-corrected chi connectivity index (χ0v) is 7.36. The molecule has 1 aromatic rings. The molecule has 0 radical (unpaired) electrons. The number of pyridine rings is 1. The van der Waals surface area contributed by atoms with Gasteiger partial charge in [-0.1, -0.05) is 0 Å². The lowest BCUT2D eigenvalue weighted by molar-refractivity contribution is -0.120. The number of aromatic nitrogens is 1. The zero-order chi connectivity index (χ0) is 10.4. The van der Waals surface area contributed by atoms with Gasteiger partial charge >= 0.3 is 0 Å². The Morgan fingerprint density at radius 2 is 1.93 bits per heavy atom. The molecule has 0 aliphatic carbocycles. The molecule has 0 unspecified atom stereocenters. The first-order chi connectivity index (χ1) is 6.74. The van der Waals surface area contributed by atoms with Gasteiger partial charge in [-0.3, -0.25) is 25.4 Å². The molecule has 0 aliphatic heterocycles. The number of amides is 2. The Kier molecular flexibility index (Phi) is 3.57. The SMILES string of the molecule is NCC(=O)NNC(=O)c1ccncc1. The first kappa shape index (κ1) is 10.1. The highest BCUT2D eigenvalue weighted by atomic mass is 16.2. The summed E-state index contributed by atoms with van der Waals surface area (Å²) in [5.41, 5.74) is 9.79. The molecule has 0 aliphatic rings. The van der Waals surface area contributed by atoms with E-state index in [9.17, 15) is 9.59 Å². The molecule has 0 atom stereocenters. The molecule has 0 fully saturated rings. The van der Waals surface area contributed by atoms with Gasteiger partial charge in [0.05, 0.1) is 6.54 Å². The summed E-state index contributed by atoms with van der Waals surface area (Å²) in [7, 11) is 0. The number of hydrazine groups is 1. The Hall–Kier alpha value is -1.95. The van der Waals surface area contributed by atoms with Crippen LogP contribution >= 0.6 is 0 Å². The number of nitrogens with one attached hydrogen (secondary N) is 2. The van der Waals surface area contributed by atoms with Gasteiger partial charge in [-0.25, -0.2) is 0 Å². The van der Waals surface area contributed by atoms with Crippen molar-refractivity contribution >= 4 is 11.8 Å². The molecule has 2 amide bonds. The van der Waals surface area contributed by atoms with Crippen molar-refractivity contribution in [3.8, 4) is 0 Å². The van der Waals surface area contributed by atoms with Crippen LogP contribution in [0.1, 0.15) is 10.4 Å². The zero-order valence-electron chi connectivity index (χ0n) is 7.36. The number of nitrogens with zero attached hydrogens (tertiary/aromatic N) is 1. The second-order valence-corrected chi connectivity index (χ2v) is 2.44. The first-order valence-corrected chi connectivity index (χ1v) is 3.93. The quantitative estimate of drug-likeness (QED) is 0.515. The smallest absolute Gasteiger partial charge is 0.269 e. The molecule has 0 spiro atoms. The number of hydrogen-bond donors (Lipinski definition) is 3. The highest BCUT2D eigenvalue weighted by Gasteiger charge is 2.04. The van der Waals surface area contributed by atoms with E-state index in [1.807, 2.05) is 0 Å². The predicted molar refractivity (Wildman–Crippen MR) is 48.9 cm³/mol. The largest absolute Gasteiger partial charge is 0.322 e. The van der Waals surface area contributed by atoms with Crippen LogP contribution in [0.5, 0.6) is 0 Å². The van der Waals surface area contributed by atoms with E-state index in [1.165, 1.54) is 24.5 Å². The third-order valence-corrected chi connectivity index (χ3v) is 1.44. The fourth-order valence-corrected chi connectivity index (χ4v) is 0.753. The summed E-state index contributed by atoms with van der Waals surface area (Å²) in [6, 6.07) is 3.06. The van der Waals surface area contributed by atoms with E-state index in [4.69, 9.17) is 5.73 Å². The minimum atomic E-state index is -0.451. The average molecular weight is 194 g/mol. The van der Waals surface area contributed by atoms with Gasteiger partial charge in [0.15, 0.2) is 0 Å². The van der Waals surface area contributed by atoms with E-state index in [0.717, 1.165) is 0 Å². The number of nitrogens with two attached hydrogens (primary N) is 1. The van der Waals surface area contributed by atoms with E-state index in [-0.39, 0.29) is 6.54 Å². The molecule has 1 aromatic heterocycles. The molecule has 1 rings (SSSR count). The Morgan fingerprint density at radius 1 is 1.29 bits per heavy atom. The van der Waals surface area contributed by atoms with Crippen LogP contribution in [-0.4, -0.2) is 23.3 Å². The average Bonchev–Trinajstić information content (AvgIpc) is 2.26. The lowest BCUT2D eigenvalue weighted by Crippen LogP contribution is -2.44. The molecular weight excluding hydrogens is 184 g/mol. The molecule has 0 saturated carbocycles. The first-order valence-electron chi connectivity index (χ1n) is 3.93. The number of carbonyl (C=O) groups excluding carboxylic acids is 2. The molecule has 6 heteroatoms. The van der Waals surface area contributed by atoms with Crippen molar-refractivity contribution in [2.45, 2.75) is 0 Å². The Balaban J connectivity index is 2.48. The van der Waals surface area contributed by atoms with Crippen molar-refractivity contribution in [2.75, 3.05) is 6.54 Å². The van der Waals surface area contributed by atoms with E-state index in [2.05, 4.69) is 15.8 Å². The molecule has 74 valence electrons. The summed E-state index contributed by atoms with van der Waals surface area (Å²) in [6.07, 6.45) is 2.97. The second kappa shape index (κ2) is 4.93. The fourth-order valence-electron chi connectivity index (χ4n) is 0.753. The number of carbonyl (C=O) groups is 2. The molecule has 1 heterocycles. The molecule has 0 aromatic carbocycles. The van der Waals surface area contributed by atoms with Crippen molar-refractivity contribution in [1.82, 2.24) is 15.8 Å². The lowest BCUT2D eigenvalue weighted by Gasteiger charge is -2.04. The van der Waals surface area contributed by atoms with E-state index >= 15 is 0 Å². The van der Waals surface area contributed by atoms with Gasteiger partial charge in [0.1, 0.15) is 0 Å². The molecule has 0 bridgehead atoms. The van der Waals surface area contributed by atoms with Crippen LogP contribution < -0.4 is 16.6 Å². The Labute approximate surface area is 80.5 Å². The molecule has 14 heavy (non-hydrogen) atoms. The second-order valence-electron chi connectivity index (χ2n) is 2.44. The van der Waals surface area contributed by atoms with Crippen LogP contribution in [0.25, 0.3) is 0 Å². The maximum absolute atomic E-state index is 11.3. The summed E-state index contributed by atoms with van der Waals surface area (Å²) in [5.74, 6) is -0.860. The van der Waals surface area contributed by atoms with Crippen LogP contribution in [0.3, 0.4) is 0 Å². The third-order valence-electron chi connectivity index (χ3n) is 1.44. The minimum Gasteiger partial charge on any atom is -0.322 e. The van der Waals surface area contributed by atoms with Crippen molar-refractivity contribution in [1.29, 1.82) is 0 Å². The highest BCUT2D eigenvalue weighted by molar-refractivity contribution is 5.95. The monoisotopic (exact) mass is 194 g/mol. The summed E-state index contributed by atoms with van der Waals surface area (Å²) in [5, 5.41) is 0. The van der Waals surface area contributed by atoms with Crippen molar-refractivity contribution in [3.05, 3.63) is 30.1 Å². The van der Waals surface area contributed by atoms with Crippen molar-refractivity contribution in [3.63, 3.8) is 0 Å². The van der Waals surface area contributed by atoms with Crippen LogP contribution in [0, 0.1) is 0 Å². The minimum absolute atomic E-state index is 0.170. The summed E-state index contributed by atoms with van der Waals surface area (Å²) in [4.78, 5) is 25.7. The molecule has 0 saturated heterocycles. The third kappa shape index (κ3) is 2.83. The van der Waals surface area contributed by atoms with E-state index < -0.39 is 11.8 Å². The summed E-state index contributed by atoms with van der Waals surface area (Å²) >= 11 is 0. The van der Waals surface area contributed by atoms with Gasteiger partial charge in [0.25, 0.3) is 11.8 Å². The van der Waals surface area contributed by atoms with Crippen LogP contribution in [0.4, 0.5) is 0 Å². The maximum Gasteiger partial charge on any atom is 0.269 e. The summed E-state index contributed by atoms with van der Waals surface area (Å²) < 4.78 is 0. The topological polar surface area (TPSA) is 97.1 Å². The van der Waals surface area contributed by atoms with E-state index in [1.54, 1.807) is 0 Å². The Bertz CT molecular complexity index is 325. The van der Waals surface area contributed by atoms with Gasteiger partial charge in [0.2, 0.25) is 0 Å².